The first kappa shape index (κ1) is 15.6. The summed E-state index contributed by atoms with van der Waals surface area (Å²) in [5, 5.41) is 15.8. The highest BCUT2D eigenvalue weighted by Gasteiger charge is 2.22. The van der Waals surface area contributed by atoms with E-state index in [4.69, 9.17) is 0 Å². The Morgan fingerprint density at radius 2 is 2.14 bits per heavy atom. The van der Waals surface area contributed by atoms with Gasteiger partial charge < -0.3 is 9.88 Å². The largest absolute Gasteiger partial charge is 0.364 e. The molecule has 0 aliphatic heterocycles. The minimum Gasteiger partial charge on any atom is -0.364 e. The summed E-state index contributed by atoms with van der Waals surface area (Å²) < 4.78 is 1.94. The summed E-state index contributed by atoms with van der Waals surface area (Å²) in [5.41, 5.74) is 2.63. The van der Waals surface area contributed by atoms with Gasteiger partial charge in [0.05, 0.1) is 11.3 Å². The number of nitrogens with one attached hydrogen (secondary N) is 2. The van der Waals surface area contributed by atoms with Crippen molar-refractivity contribution < 1.29 is 4.92 Å². The third-order valence-electron chi connectivity index (χ3n) is 2.78. The first-order chi connectivity index (χ1) is 10.6. The van der Waals surface area contributed by atoms with Crippen LogP contribution in [-0.4, -0.2) is 50.1 Å². The SMILES string of the molecule is CN(C)Nc1ncnc(NCCCn2ccnc2)c1[N+](=O)[O-]. The van der Waals surface area contributed by atoms with Crippen LogP contribution >= 0.6 is 0 Å². The van der Waals surface area contributed by atoms with Crippen molar-refractivity contribution in [2.24, 2.45) is 0 Å². The van der Waals surface area contributed by atoms with Crippen molar-refractivity contribution in [3.05, 3.63) is 35.2 Å². The molecule has 2 aromatic rings. The van der Waals surface area contributed by atoms with Crippen molar-refractivity contribution in [2.45, 2.75) is 13.0 Å². The molecule has 118 valence electrons. The summed E-state index contributed by atoms with van der Waals surface area (Å²) in [5.74, 6) is 0.358. The molecule has 10 heteroatoms. The normalized spacial score (nSPS) is 10.7. The number of imidazole rings is 1. The van der Waals surface area contributed by atoms with Crippen molar-refractivity contribution in [1.29, 1.82) is 0 Å². The second-order valence-corrected chi connectivity index (χ2v) is 4.76. The second-order valence-electron chi connectivity index (χ2n) is 4.76. The molecule has 10 nitrogen and oxygen atoms in total. The molecule has 0 atom stereocenters. The number of hydrazine groups is 1. The molecule has 0 aromatic carbocycles. The molecule has 0 bridgehead atoms. The molecule has 2 heterocycles. The Morgan fingerprint density at radius 3 is 2.77 bits per heavy atom. The van der Waals surface area contributed by atoms with E-state index in [1.54, 1.807) is 31.6 Å². The van der Waals surface area contributed by atoms with E-state index in [-0.39, 0.29) is 17.3 Å². The summed E-state index contributed by atoms with van der Waals surface area (Å²) in [7, 11) is 3.45. The van der Waals surface area contributed by atoms with Gasteiger partial charge in [0.2, 0.25) is 11.6 Å². The number of aromatic nitrogens is 4. The van der Waals surface area contributed by atoms with Crippen LogP contribution in [0.4, 0.5) is 17.3 Å². The molecule has 22 heavy (non-hydrogen) atoms. The predicted octanol–water partition coefficient (Wildman–Crippen LogP) is 0.972. The first-order valence-electron chi connectivity index (χ1n) is 6.71. The summed E-state index contributed by atoms with van der Waals surface area (Å²) >= 11 is 0. The van der Waals surface area contributed by atoms with Crippen molar-refractivity contribution in [3.63, 3.8) is 0 Å². The molecule has 0 aliphatic rings. The maximum atomic E-state index is 11.3. The zero-order valence-corrected chi connectivity index (χ0v) is 12.4. The van der Waals surface area contributed by atoms with Gasteiger partial charge in [-0.1, -0.05) is 0 Å². The Kier molecular flexibility index (Phi) is 5.20. The molecule has 2 aromatic heterocycles. The molecule has 0 amide bonds. The van der Waals surface area contributed by atoms with Gasteiger partial charge in [0.1, 0.15) is 6.33 Å². The smallest absolute Gasteiger partial charge is 0.354 e. The lowest BCUT2D eigenvalue weighted by molar-refractivity contribution is -0.383. The predicted molar refractivity (Wildman–Crippen MR) is 81.3 cm³/mol. The zero-order chi connectivity index (χ0) is 15.9. The van der Waals surface area contributed by atoms with Gasteiger partial charge in [-0.2, -0.15) is 0 Å². The van der Waals surface area contributed by atoms with Gasteiger partial charge in [0.15, 0.2) is 0 Å². The Morgan fingerprint density at radius 1 is 1.36 bits per heavy atom. The molecule has 0 radical (unpaired) electrons. The van der Waals surface area contributed by atoms with Crippen molar-refractivity contribution >= 4 is 17.3 Å². The van der Waals surface area contributed by atoms with E-state index in [1.807, 2.05) is 10.8 Å². The Balaban J connectivity index is 2.01. The fraction of sp³-hybridized carbons (Fsp3) is 0.417. The molecular weight excluding hydrogens is 288 g/mol. The summed E-state index contributed by atoms with van der Waals surface area (Å²) in [6.45, 7) is 1.33. The monoisotopic (exact) mass is 306 g/mol. The molecule has 0 unspecified atom stereocenters. The number of hydrogen-bond donors (Lipinski definition) is 2. The third kappa shape index (κ3) is 4.12. The lowest BCUT2D eigenvalue weighted by atomic mass is 10.4. The van der Waals surface area contributed by atoms with Crippen molar-refractivity contribution in [1.82, 2.24) is 24.5 Å². The van der Waals surface area contributed by atoms with Crippen LogP contribution in [0.3, 0.4) is 0 Å². The molecule has 0 spiro atoms. The second kappa shape index (κ2) is 7.31. The minimum absolute atomic E-state index is 0.155. The quantitative estimate of drug-likeness (QED) is 0.421. The van der Waals surface area contributed by atoms with Gasteiger partial charge in [-0.15, -0.1) is 0 Å². The van der Waals surface area contributed by atoms with Crippen LogP contribution in [0.2, 0.25) is 0 Å². The number of anilines is 2. The standard InChI is InChI=1S/C12H18N8O2/c1-18(2)17-12-10(20(21)22)11(15-8-16-12)14-4-3-6-19-7-5-13-9-19/h5,7-9H,3-4,6H2,1-2H3,(H2,14,15,16,17). The van der Waals surface area contributed by atoms with Gasteiger partial charge in [-0.05, 0) is 6.42 Å². The highest BCUT2D eigenvalue weighted by Crippen LogP contribution is 2.28. The fourth-order valence-corrected chi connectivity index (χ4v) is 1.86. The molecular formula is C12H18N8O2. The van der Waals surface area contributed by atoms with Gasteiger partial charge in [0, 0.05) is 39.6 Å². The van der Waals surface area contributed by atoms with Crippen LogP contribution in [0.5, 0.6) is 0 Å². The van der Waals surface area contributed by atoms with Crippen LogP contribution in [0.1, 0.15) is 6.42 Å². The number of hydrogen-bond acceptors (Lipinski definition) is 8. The van der Waals surface area contributed by atoms with Gasteiger partial charge in [0.25, 0.3) is 0 Å². The van der Waals surface area contributed by atoms with Crippen LogP contribution in [0, 0.1) is 10.1 Å². The van der Waals surface area contributed by atoms with E-state index < -0.39 is 4.92 Å². The molecule has 0 saturated carbocycles. The van der Waals surface area contributed by atoms with Crippen LogP contribution < -0.4 is 10.7 Å². The highest BCUT2D eigenvalue weighted by molar-refractivity contribution is 5.68. The molecule has 0 fully saturated rings. The average Bonchev–Trinajstić information content (AvgIpc) is 2.96. The van der Waals surface area contributed by atoms with Crippen LogP contribution in [0.15, 0.2) is 25.0 Å². The third-order valence-corrected chi connectivity index (χ3v) is 2.78. The summed E-state index contributed by atoms with van der Waals surface area (Å²) in [4.78, 5) is 22.6. The first-order valence-corrected chi connectivity index (χ1v) is 6.71. The Labute approximate surface area is 127 Å². The van der Waals surface area contributed by atoms with E-state index in [0.29, 0.717) is 6.54 Å². The number of nitro groups is 1. The van der Waals surface area contributed by atoms with Crippen LogP contribution in [0.25, 0.3) is 0 Å². The lowest BCUT2D eigenvalue weighted by Crippen LogP contribution is -2.22. The van der Waals surface area contributed by atoms with Gasteiger partial charge >= 0.3 is 5.69 Å². The van der Waals surface area contributed by atoms with Crippen LogP contribution in [-0.2, 0) is 6.54 Å². The molecule has 0 aliphatic carbocycles. The van der Waals surface area contributed by atoms with E-state index in [1.165, 1.54) is 6.33 Å². The number of aryl methyl sites for hydroxylation is 1. The maximum absolute atomic E-state index is 11.3. The van der Waals surface area contributed by atoms with E-state index in [2.05, 4.69) is 25.7 Å². The Hall–Kier alpha value is -2.75. The maximum Gasteiger partial charge on any atom is 0.354 e. The molecule has 2 rings (SSSR count). The topological polar surface area (TPSA) is 114 Å². The molecule has 2 N–H and O–H groups in total. The number of nitrogens with zero attached hydrogens (tertiary/aromatic N) is 6. The van der Waals surface area contributed by atoms with E-state index >= 15 is 0 Å². The van der Waals surface area contributed by atoms with E-state index in [9.17, 15) is 10.1 Å². The number of rotatable bonds is 8. The summed E-state index contributed by atoms with van der Waals surface area (Å²) in [6, 6.07) is 0. The highest BCUT2D eigenvalue weighted by atomic mass is 16.6. The van der Waals surface area contributed by atoms with Crippen molar-refractivity contribution in [2.75, 3.05) is 31.4 Å². The fourth-order valence-electron chi connectivity index (χ4n) is 1.86. The van der Waals surface area contributed by atoms with Gasteiger partial charge in [-0.25, -0.2) is 20.0 Å². The van der Waals surface area contributed by atoms with E-state index in [0.717, 1.165) is 13.0 Å². The minimum atomic E-state index is -0.496. The lowest BCUT2D eigenvalue weighted by Gasteiger charge is -2.14. The van der Waals surface area contributed by atoms with Gasteiger partial charge in [-0.3, -0.25) is 15.5 Å². The van der Waals surface area contributed by atoms with Crippen molar-refractivity contribution in [3.8, 4) is 0 Å². The zero-order valence-electron chi connectivity index (χ0n) is 12.4. The summed E-state index contributed by atoms with van der Waals surface area (Å²) in [6.07, 6.45) is 7.38. The average molecular weight is 306 g/mol. The Bertz CT molecular complexity index is 614. The molecule has 0 saturated heterocycles.